The zero-order chi connectivity index (χ0) is 20.6. The SMILES string of the molecule is COc1ccc(S(=O)(=O)N2C[C@@H]3CN(c4cccc(C#N)n4)C[C@]3(CO)C2)cc1. The Kier molecular flexibility index (Phi) is 4.94. The van der Waals surface area contributed by atoms with Crippen LogP contribution in [-0.4, -0.2) is 62.7 Å². The van der Waals surface area contributed by atoms with Gasteiger partial charge in [-0.05, 0) is 36.4 Å². The van der Waals surface area contributed by atoms with Crippen molar-refractivity contribution in [2.75, 3.05) is 44.8 Å². The fraction of sp³-hybridized carbons (Fsp3) is 0.400. The second-order valence-electron chi connectivity index (χ2n) is 7.56. The van der Waals surface area contributed by atoms with Crippen LogP contribution < -0.4 is 9.64 Å². The van der Waals surface area contributed by atoms with Crippen LogP contribution in [0.2, 0.25) is 0 Å². The summed E-state index contributed by atoms with van der Waals surface area (Å²) in [7, 11) is -2.13. The molecule has 0 saturated carbocycles. The summed E-state index contributed by atoms with van der Waals surface area (Å²) in [4.78, 5) is 6.58. The van der Waals surface area contributed by atoms with E-state index < -0.39 is 15.4 Å². The van der Waals surface area contributed by atoms with Crippen LogP contribution in [0.15, 0.2) is 47.4 Å². The number of aromatic nitrogens is 1. The molecule has 29 heavy (non-hydrogen) atoms. The van der Waals surface area contributed by atoms with E-state index in [2.05, 4.69) is 4.98 Å². The highest BCUT2D eigenvalue weighted by atomic mass is 32.2. The fourth-order valence-corrected chi connectivity index (χ4v) is 5.85. The molecule has 8 nitrogen and oxygen atoms in total. The third-order valence-electron chi connectivity index (χ3n) is 5.91. The zero-order valence-corrected chi connectivity index (χ0v) is 16.8. The summed E-state index contributed by atoms with van der Waals surface area (Å²) < 4.78 is 32.8. The van der Waals surface area contributed by atoms with Gasteiger partial charge in [0.05, 0.1) is 18.6 Å². The molecule has 2 aliphatic heterocycles. The third kappa shape index (κ3) is 3.33. The molecule has 2 fully saturated rings. The number of nitriles is 1. The van der Waals surface area contributed by atoms with E-state index in [9.17, 15) is 13.5 Å². The molecule has 3 heterocycles. The first kappa shape index (κ1) is 19.6. The summed E-state index contributed by atoms with van der Waals surface area (Å²) in [6.07, 6.45) is 0. The minimum atomic E-state index is -3.66. The molecule has 0 bridgehead atoms. The largest absolute Gasteiger partial charge is 0.497 e. The topological polar surface area (TPSA) is 107 Å². The first-order valence-electron chi connectivity index (χ1n) is 9.29. The second-order valence-corrected chi connectivity index (χ2v) is 9.50. The number of aliphatic hydroxyl groups is 1. The number of benzene rings is 1. The minimum absolute atomic E-state index is 0.0203. The summed E-state index contributed by atoms with van der Waals surface area (Å²) in [5.41, 5.74) is -0.217. The van der Waals surface area contributed by atoms with Crippen molar-refractivity contribution in [2.24, 2.45) is 11.3 Å². The number of sulfonamides is 1. The molecule has 0 aliphatic carbocycles. The number of hydrogen-bond donors (Lipinski definition) is 1. The highest BCUT2D eigenvalue weighted by Crippen LogP contribution is 2.45. The molecule has 152 valence electrons. The summed E-state index contributed by atoms with van der Waals surface area (Å²) in [5.74, 6) is 1.25. The first-order valence-corrected chi connectivity index (χ1v) is 10.7. The number of nitrogens with zero attached hydrogens (tertiary/aromatic N) is 4. The van der Waals surface area contributed by atoms with E-state index in [0.29, 0.717) is 36.9 Å². The molecular weight excluding hydrogens is 392 g/mol. The molecule has 2 aromatic rings. The molecule has 1 N–H and O–H groups in total. The van der Waals surface area contributed by atoms with Gasteiger partial charge in [0.15, 0.2) is 0 Å². The van der Waals surface area contributed by atoms with Crippen molar-refractivity contribution < 1.29 is 18.3 Å². The van der Waals surface area contributed by atoms with Crippen LogP contribution >= 0.6 is 0 Å². The predicted molar refractivity (Wildman–Crippen MR) is 106 cm³/mol. The van der Waals surface area contributed by atoms with Gasteiger partial charge in [0, 0.05) is 37.5 Å². The van der Waals surface area contributed by atoms with Gasteiger partial charge in [0.2, 0.25) is 10.0 Å². The molecule has 0 radical (unpaired) electrons. The standard InChI is InChI=1S/C20H22N4O4S/c1-28-17-5-7-18(8-6-17)29(26,27)24-11-15-10-23(12-20(15,13-24)14-25)19-4-2-3-16(9-21)22-19/h2-8,15,25H,10-14H2,1H3/t15-,20+/m0/s1. The quantitative estimate of drug-likeness (QED) is 0.780. The minimum Gasteiger partial charge on any atom is -0.497 e. The number of methoxy groups -OCH3 is 1. The number of fused-ring (bicyclic) bond motifs is 1. The van der Waals surface area contributed by atoms with Gasteiger partial charge >= 0.3 is 0 Å². The molecule has 0 amide bonds. The lowest BCUT2D eigenvalue weighted by molar-refractivity contribution is 0.132. The number of rotatable bonds is 5. The Morgan fingerprint density at radius 3 is 2.62 bits per heavy atom. The lowest BCUT2D eigenvalue weighted by Crippen LogP contribution is -2.39. The normalized spacial score (nSPS) is 24.3. The van der Waals surface area contributed by atoms with E-state index in [0.717, 1.165) is 0 Å². The van der Waals surface area contributed by atoms with Crippen molar-refractivity contribution in [3.05, 3.63) is 48.2 Å². The Hall–Kier alpha value is -2.67. The van der Waals surface area contributed by atoms with Crippen LogP contribution in [0.25, 0.3) is 0 Å². The fourth-order valence-electron chi connectivity index (χ4n) is 4.27. The van der Waals surface area contributed by atoms with Crippen molar-refractivity contribution in [2.45, 2.75) is 4.90 Å². The molecule has 2 aliphatic rings. The summed E-state index contributed by atoms with van der Waals surface area (Å²) in [6.45, 7) is 1.54. The average Bonchev–Trinajstić information content (AvgIpc) is 3.29. The van der Waals surface area contributed by atoms with E-state index in [-0.39, 0.29) is 24.0 Å². The van der Waals surface area contributed by atoms with Crippen LogP contribution in [-0.2, 0) is 10.0 Å². The van der Waals surface area contributed by atoms with Crippen molar-refractivity contribution in [3.8, 4) is 11.8 Å². The van der Waals surface area contributed by atoms with Gasteiger partial charge in [-0.1, -0.05) is 6.07 Å². The number of ether oxygens (including phenoxy) is 1. The smallest absolute Gasteiger partial charge is 0.243 e. The van der Waals surface area contributed by atoms with Gasteiger partial charge in [-0.15, -0.1) is 0 Å². The Morgan fingerprint density at radius 1 is 1.24 bits per heavy atom. The van der Waals surface area contributed by atoms with E-state index in [1.807, 2.05) is 17.0 Å². The Bertz CT molecular complexity index is 1050. The number of hydrogen-bond acceptors (Lipinski definition) is 7. The molecule has 0 unspecified atom stereocenters. The van der Waals surface area contributed by atoms with Gasteiger partial charge in [-0.3, -0.25) is 0 Å². The lowest BCUT2D eigenvalue weighted by Gasteiger charge is -2.27. The van der Waals surface area contributed by atoms with E-state index in [4.69, 9.17) is 10.00 Å². The van der Waals surface area contributed by atoms with Gasteiger partial charge in [0.25, 0.3) is 0 Å². The molecule has 2 atom stereocenters. The predicted octanol–water partition coefficient (Wildman–Crippen LogP) is 1.08. The van der Waals surface area contributed by atoms with Crippen molar-refractivity contribution >= 4 is 15.8 Å². The van der Waals surface area contributed by atoms with E-state index in [1.165, 1.54) is 23.5 Å². The summed E-state index contributed by atoms with van der Waals surface area (Å²) in [5, 5.41) is 19.3. The molecule has 4 rings (SSSR count). The molecule has 2 saturated heterocycles. The summed E-state index contributed by atoms with van der Waals surface area (Å²) >= 11 is 0. The maximum atomic E-state index is 13.1. The van der Waals surface area contributed by atoms with E-state index >= 15 is 0 Å². The number of anilines is 1. The molecule has 1 aromatic heterocycles. The van der Waals surface area contributed by atoms with Gasteiger partial charge in [-0.25, -0.2) is 13.4 Å². The second kappa shape index (κ2) is 7.30. The van der Waals surface area contributed by atoms with Crippen LogP contribution in [0, 0.1) is 22.7 Å². The van der Waals surface area contributed by atoms with E-state index in [1.54, 1.807) is 24.3 Å². The Balaban J connectivity index is 1.56. The lowest BCUT2D eigenvalue weighted by atomic mass is 9.82. The Morgan fingerprint density at radius 2 is 2.00 bits per heavy atom. The highest BCUT2D eigenvalue weighted by Gasteiger charge is 2.55. The number of aliphatic hydroxyl groups excluding tert-OH is 1. The molecule has 1 aromatic carbocycles. The van der Waals surface area contributed by atoms with Gasteiger partial charge in [0.1, 0.15) is 23.3 Å². The van der Waals surface area contributed by atoms with Crippen LogP contribution in [0.1, 0.15) is 5.69 Å². The highest BCUT2D eigenvalue weighted by molar-refractivity contribution is 7.89. The van der Waals surface area contributed by atoms with Crippen LogP contribution in [0.5, 0.6) is 5.75 Å². The van der Waals surface area contributed by atoms with Crippen LogP contribution in [0.4, 0.5) is 5.82 Å². The molecule has 0 spiro atoms. The Labute approximate surface area is 170 Å². The number of pyridine rings is 1. The van der Waals surface area contributed by atoms with Gasteiger partial charge < -0.3 is 14.7 Å². The summed E-state index contributed by atoms with van der Waals surface area (Å²) in [6, 6.07) is 13.6. The van der Waals surface area contributed by atoms with Crippen molar-refractivity contribution in [1.82, 2.24) is 9.29 Å². The monoisotopic (exact) mass is 414 g/mol. The maximum absolute atomic E-state index is 13.1. The van der Waals surface area contributed by atoms with Crippen molar-refractivity contribution in [1.29, 1.82) is 5.26 Å². The third-order valence-corrected chi connectivity index (χ3v) is 7.74. The maximum Gasteiger partial charge on any atom is 0.243 e. The zero-order valence-electron chi connectivity index (χ0n) is 16.0. The van der Waals surface area contributed by atoms with Crippen LogP contribution in [0.3, 0.4) is 0 Å². The first-order chi connectivity index (χ1) is 13.9. The molecule has 9 heteroatoms. The average molecular weight is 414 g/mol. The van der Waals surface area contributed by atoms with Crippen molar-refractivity contribution in [3.63, 3.8) is 0 Å². The molecular formula is C20H22N4O4S. The van der Waals surface area contributed by atoms with Gasteiger partial charge in [-0.2, -0.15) is 9.57 Å².